The molecule has 2 aromatic heterocycles. The summed E-state index contributed by atoms with van der Waals surface area (Å²) in [5.41, 5.74) is 0.809. The highest BCUT2D eigenvalue weighted by atomic mass is 32.2. The predicted octanol–water partition coefficient (Wildman–Crippen LogP) is 5.05. The van der Waals surface area contributed by atoms with E-state index in [0.717, 1.165) is 16.6 Å². The van der Waals surface area contributed by atoms with Crippen molar-refractivity contribution in [3.63, 3.8) is 0 Å². The summed E-state index contributed by atoms with van der Waals surface area (Å²) in [6.45, 7) is 0. The SMILES string of the molecule is COc1c(F)c(F)cc(-c2ccc(S(=O)(=O)n3ccc4cc(CCC(=O)O)ccc43)s2)c1F. The summed E-state index contributed by atoms with van der Waals surface area (Å²) < 4.78 is 74.2. The van der Waals surface area contributed by atoms with Crippen LogP contribution in [0.1, 0.15) is 12.0 Å². The van der Waals surface area contributed by atoms with Gasteiger partial charge in [-0.1, -0.05) is 6.07 Å². The number of benzene rings is 2. The van der Waals surface area contributed by atoms with E-state index >= 15 is 0 Å². The van der Waals surface area contributed by atoms with Crippen molar-refractivity contribution >= 4 is 38.2 Å². The van der Waals surface area contributed by atoms with E-state index in [-0.39, 0.29) is 21.1 Å². The number of ether oxygens (including phenoxy) is 1. The number of aromatic nitrogens is 1. The van der Waals surface area contributed by atoms with Crippen molar-refractivity contribution < 1.29 is 36.2 Å². The molecule has 0 radical (unpaired) electrons. The van der Waals surface area contributed by atoms with E-state index in [1.54, 1.807) is 24.3 Å². The van der Waals surface area contributed by atoms with Gasteiger partial charge in [-0.05, 0) is 48.4 Å². The van der Waals surface area contributed by atoms with Gasteiger partial charge in [-0.25, -0.2) is 12.8 Å². The summed E-state index contributed by atoms with van der Waals surface area (Å²) in [5, 5.41) is 9.44. The van der Waals surface area contributed by atoms with Crippen LogP contribution in [0.5, 0.6) is 5.75 Å². The Balaban J connectivity index is 1.72. The molecule has 0 fully saturated rings. The molecule has 172 valence electrons. The van der Waals surface area contributed by atoms with E-state index in [1.165, 1.54) is 18.3 Å². The topological polar surface area (TPSA) is 85.6 Å². The van der Waals surface area contributed by atoms with Crippen molar-refractivity contribution in [2.45, 2.75) is 17.1 Å². The highest BCUT2D eigenvalue weighted by Gasteiger charge is 2.25. The van der Waals surface area contributed by atoms with Crippen molar-refractivity contribution in [3.8, 4) is 16.2 Å². The van der Waals surface area contributed by atoms with Crippen molar-refractivity contribution in [2.24, 2.45) is 0 Å². The highest BCUT2D eigenvalue weighted by Crippen LogP contribution is 2.38. The monoisotopic (exact) mass is 495 g/mol. The zero-order chi connectivity index (χ0) is 23.9. The maximum Gasteiger partial charge on any atom is 0.303 e. The molecule has 1 N–H and O–H groups in total. The lowest BCUT2D eigenvalue weighted by molar-refractivity contribution is -0.136. The lowest BCUT2D eigenvalue weighted by Gasteiger charge is -2.08. The van der Waals surface area contributed by atoms with E-state index in [0.29, 0.717) is 34.7 Å². The molecule has 0 amide bonds. The quantitative estimate of drug-likeness (QED) is 0.363. The molecule has 0 saturated heterocycles. The summed E-state index contributed by atoms with van der Waals surface area (Å²) in [6, 6.07) is 9.76. The van der Waals surface area contributed by atoms with Crippen LogP contribution < -0.4 is 4.74 Å². The van der Waals surface area contributed by atoms with Gasteiger partial charge in [-0.2, -0.15) is 12.8 Å². The van der Waals surface area contributed by atoms with E-state index in [2.05, 4.69) is 4.74 Å². The molecule has 33 heavy (non-hydrogen) atoms. The van der Waals surface area contributed by atoms with Crippen LogP contribution in [0, 0.1) is 17.5 Å². The van der Waals surface area contributed by atoms with Crippen LogP contribution in [-0.4, -0.2) is 30.6 Å². The summed E-state index contributed by atoms with van der Waals surface area (Å²) in [4.78, 5) is 10.9. The van der Waals surface area contributed by atoms with Crippen LogP contribution >= 0.6 is 11.3 Å². The van der Waals surface area contributed by atoms with E-state index in [4.69, 9.17) is 5.11 Å². The molecule has 2 aromatic carbocycles. The molecular formula is C22H16F3NO5S2. The second-order valence-corrected chi connectivity index (χ2v) is 10.2. The smallest absolute Gasteiger partial charge is 0.303 e. The third kappa shape index (κ3) is 4.09. The average molecular weight is 496 g/mol. The second-order valence-electron chi connectivity index (χ2n) is 7.09. The standard InChI is InChI=1S/C22H16F3NO5S2/c1-31-22-20(24)14(11-15(23)21(22)25)17-5-7-19(32-17)33(29,30)26-9-8-13-10-12(2-4-16(13)26)3-6-18(27)28/h2,4-5,7-11H,3,6H2,1H3,(H,27,28). The van der Waals surface area contributed by atoms with Crippen LogP contribution in [0.25, 0.3) is 21.3 Å². The van der Waals surface area contributed by atoms with Gasteiger partial charge in [-0.3, -0.25) is 4.79 Å². The number of carbonyl (C=O) groups is 1. The maximum absolute atomic E-state index is 14.6. The van der Waals surface area contributed by atoms with Gasteiger partial charge in [0.25, 0.3) is 10.0 Å². The number of rotatable bonds is 7. The Bertz CT molecular complexity index is 1490. The molecule has 0 aliphatic carbocycles. The Morgan fingerprint density at radius 1 is 1.09 bits per heavy atom. The number of halogens is 3. The van der Waals surface area contributed by atoms with Crippen LogP contribution in [0.4, 0.5) is 13.2 Å². The largest absolute Gasteiger partial charge is 0.491 e. The number of hydrogen-bond acceptors (Lipinski definition) is 5. The molecule has 0 saturated carbocycles. The number of aryl methyl sites for hydroxylation is 1. The number of methoxy groups -OCH3 is 1. The molecule has 4 aromatic rings. The normalized spacial score (nSPS) is 11.8. The molecule has 6 nitrogen and oxygen atoms in total. The fraction of sp³-hybridized carbons (Fsp3) is 0.136. The van der Waals surface area contributed by atoms with Crippen molar-refractivity contribution in [1.29, 1.82) is 0 Å². The number of thiophene rings is 1. The molecular weight excluding hydrogens is 479 g/mol. The summed E-state index contributed by atoms with van der Waals surface area (Å²) in [7, 11) is -3.08. The Hall–Kier alpha value is -3.31. The third-order valence-electron chi connectivity index (χ3n) is 5.03. The Kier molecular flexibility index (Phi) is 5.93. The Labute approximate surface area is 190 Å². The van der Waals surface area contributed by atoms with Gasteiger partial charge in [0, 0.05) is 28.4 Å². The first-order chi connectivity index (χ1) is 15.6. The van der Waals surface area contributed by atoms with Gasteiger partial charge in [0.15, 0.2) is 17.4 Å². The number of aliphatic carboxylic acids is 1. The lowest BCUT2D eigenvalue weighted by Crippen LogP contribution is -2.10. The van der Waals surface area contributed by atoms with Gasteiger partial charge < -0.3 is 9.84 Å². The van der Waals surface area contributed by atoms with Gasteiger partial charge in [0.05, 0.1) is 12.6 Å². The maximum atomic E-state index is 14.6. The molecule has 2 heterocycles. The average Bonchev–Trinajstić information content (AvgIpc) is 3.43. The second kappa shape index (κ2) is 8.56. The number of hydrogen-bond donors (Lipinski definition) is 1. The summed E-state index contributed by atoms with van der Waals surface area (Å²) in [5.74, 6) is -5.75. The van der Waals surface area contributed by atoms with Gasteiger partial charge in [-0.15, -0.1) is 11.3 Å². The fourth-order valence-corrected chi connectivity index (χ4v) is 6.18. The Morgan fingerprint density at radius 2 is 1.85 bits per heavy atom. The molecule has 0 aliphatic rings. The first-order valence-electron chi connectivity index (χ1n) is 9.52. The van der Waals surface area contributed by atoms with Crippen molar-refractivity contribution in [1.82, 2.24) is 3.97 Å². The van der Waals surface area contributed by atoms with Crippen LogP contribution in [0.2, 0.25) is 0 Å². The van der Waals surface area contributed by atoms with Gasteiger partial charge >= 0.3 is 5.97 Å². The molecule has 11 heteroatoms. The minimum absolute atomic E-state index is 0.0478. The van der Waals surface area contributed by atoms with Gasteiger partial charge in [0.2, 0.25) is 5.82 Å². The third-order valence-corrected chi connectivity index (χ3v) is 8.30. The number of nitrogens with zero attached hydrogens (tertiary/aromatic N) is 1. The zero-order valence-electron chi connectivity index (χ0n) is 17.0. The van der Waals surface area contributed by atoms with Crippen molar-refractivity contribution in [3.05, 3.63) is 71.7 Å². The van der Waals surface area contributed by atoms with Crippen LogP contribution in [0.3, 0.4) is 0 Å². The highest BCUT2D eigenvalue weighted by molar-refractivity contribution is 7.92. The minimum atomic E-state index is -4.08. The van der Waals surface area contributed by atoms with Crippen LogP contribution in [0.15, 0.2) is 52.9 Å². The predicted molar refractivity (Wildman–Crippen MR) is 117 cm³/mol. The summed E-state index contributed by atoms with van der Waals surface area (Å²) >= 11 is 0.703. The van der Waals surface area contributed by atoms with E-state index < -0.39 is 39.2 Å². The van der Waals surface area contributed by atoms with Crippen LogP contribution in [-0.2, 0) is 21.2 Å². The minimum Gasteiger partial charge on any atom is -0.491 e. The first kappa shape index (κ1) is 22.9. The molecule has 4 rings (SSSR count). The van der Waals surface area contributed by atoms with Crippen molar-refractivity contribution in [2.75, 3.05) is 7.11 Å². The first-order valence-corrected chi connectivity index (χ1v) is 11.8. The van der Waals surface area contributed by atoms with E-state index in [9.17, 15) is 26.4 Å². The van der Waals surface area contributed by atoms with Gasteiger partial charge in [0.1, 0.15) is 4.21 Å². The zero-order valence-corrected chi connectivity index (χ0v) is 18.6. The number of carboxylic acid groups (broad SMARTS) is 1. The Morgan fingerprint density at radius 3 is 2.55 bits per heavy atom. The summed E-state index contributed by atoms with van der Waals surface area (Å²) in [6.07, 6.45) is 1.62. The van der Waals surface area contributed by atoms with E-state index in [1.807, 2.05) is 0 Å². The number of fused-ring (bicyclic) bond motifs is 1. The lowest BCUT2D eigenvalue weighted by atomic mass is 10.1. The number of carboxylic acids is 1. The molecule has 0 bridgehead atoms. The molecule has 0 atom stereocenters. The molecule has 0 unspecified atom stereocenters. The molecule has 0 spiro atoms. The molecule has 0 aliphatic heterocycles. The fourth-order valence-electron chi connectivity index (χ4n) is 3.42.